The molecular weight excluding hydrogens is 330 g/mol. The monoisotopic (exact) mass is 357 g/mol. The minimum Gasteiger partial charge on any atom is -0.497 e. The molecular formula is C20H27N3O3. The Morgan fingerprint density at radius 3 is 2.19 bits per heavy atom. The van der Waals surface area contributed by atoms with Crippen LogP contribution in [0, 0.1) is 0 Å². The topological polar surface area (TPSA) is 64.1 Å². The van der Waals surface area contributed by atoms with E-state index in [1.165, 1.54) is 0 Å². The van der Waals surface area contributed by atoms with Gasteiger partial charge in [0, 0.05) is 20.1 Å². The highest BCUT2D eigenvalue weighted by Gasteiger charge is 2.06. The number of hydrogen-bond acceptors (Lipinski definition) is 4. The summed E-state index contributed by atoms with van der Waals surface area (Å²) in [5, 5.41) is 6.62. The van der Waals surface area contributed by atoms with E-state index >= 15 is 0 Å². The smallest absolute Gasteiger partial charge is 0.191 e. The average molecular weight is 357 g/mol. The first-order valence-corrected chi connectivity index (χ1v) is 8.48. The second-order valence-electron chi connectivity index (χ2n) is 5.63. The zero-order valence-corrected chi connectivity index (χ0v) is 15.8. The van der Waals surface area contributed by atoms with Gasteiger partial charge in [0.15, 0.2) is 5.96 Å². The molecule has 0 bridgehead atoms. The van der Waals surface area contributed by atoms with Crippen molar-refractivity contribution in [2.24, 2.45) is 4.99 Å². The van der Waals surface area contributed by atoms with Crippen LogP contribution < -0.4 is 24.8 Å². The number of nitrogens with zero attached hydrogens (tertiary/aromatic N) is 1. The summed E-state index contributed by atoms with van der Waals surface area (Å²) in [6.45, 7) is 1.41. The molecule has 0 heterocycles. The van der Waals surface area contributed by atoms with Gasteiger partial charge >= 0.3 is 0 Å². The molecule has 0 spiro atoms. The van der Waals surface area contributed by atoms with Gasteiger partial charge in [-0.3, -0.25) is 4.99 Å². The van der Waals surface area contributed by atoms with Crippen molar-refractivity contribution in [1.29, 1.82) is 0 Å². The van der Waals surface area contributed by atoms with Gasteiger partial charge in [-0.05, 0) is 47.9 Å². The lowest BCUT2D eigenvalue weighted by Gasteiger charge is -2.14. The first-order valence-electron chi connectivity index (χ1n) is 8.48. The Morgan fingerprint density at radius 1 is 0.885 bits per heavy atom. The Hall–Kier alpha value is -2.89. The Bertz CT molecular complexity index is 715. The molecule has 2 rings (SSSR count). The number of nitrogens with one attached hydrogen (secondary N) is 2. The van der Waals surface area contributed by atoms with E-state index < -0.39 is 0 Å². The maximum Gasteiger partial charge on any atom is 0.191 e. The fraction of sp³-hybridized carbons (Fsp3) is 0.350. The van der Waals surface area contributed by atoms with Crippen LogP contribution in [0.1, 0.15) is 11.1 Å². The summed E-state index contributed by atoms with van der Waals surface area (Å²) < 4.78 is 15.9. The Balaban J connectivity index is 1.85. The van der Waals surface area contributed by atoms with Crippen molar-refractivity contribution in [3.8, 4) is 17.2 Å². The third kappa shape index (κ3) is 5.58. The van der Waals surface area contributed by atoms with E-state index in [1.54, 1.807) is 28.4 Å². The highest BCUT2D eigenvalue weighted by atomic mass is 16.5. The first-order chi connectivity index (χ1) is 12.7. The lowest BCUT2D eigenvalue weighted by Crippen LogP contribution is -2.37. The van der Waals surface area contributed by atoms with E-state index in [1.807, 2.05) is 42.5 Å². The van der Waals surface area contributed by atoms with Crippen molar-refractivity contribution >= 4 is 5.96 Å². The van der Waals surface area contributed by atoms with Crippen LogP contribution in [0.4, 0.5) is 0 Å². The Morgan fingerprint density at radius 2 is 1.58 bits per heavy atom. The lowest BCUT2D eigenvalue weighted by atomic mass is 10.1. The van der Waals surface area contributed by atoms with Gasteiger partial charge in [-0.15, -0.1) is 0 Å². The van der Waals surface area contributed by atoms with Crippen LogP contribution >= 0.6 is 0 Å². The third-order valence-corrected chi connectivity index (χ3v) is 4.02. The predicted octanol–water partition coefficient (Wildman–Crippen LogP) is 2.62. The minimum absolute atomic E-state index is 0.687. The van der Waals surface area contributed by atoms with E-state index in [-0.39, 0.29) is 0 Å². The van der Waals surface area contributed by atoms with E-state index in [2.05, 4.69) is 15.6 Å². The second kappa shape index (κ2) is 10.2. The molecule has 0 fully saturated rings. The van der Waals surface area contributed by atoms with Crippen LogP contribution in [-0.4, -0.2) is 40.9 Å². The van der Waals surface area contributed by atoms with Crippen molar-refractivity contribution in [1.82, 2.24) is 10.6 Å². The number of rotatable bonds is 8. The van der Waals surface area contributed by atoms with Crippen molar-refractivity contribution in [2.75, 3.05) is 34.9 Å². The molecule has 0 unspecified atom stereocenters. The molecule has 0 aromatic heterocycles. The SMILES string of the molecule is CN=C(NCCc1cc(OC)ccc1OC)NCc1ccc(OC)cc1. The number of aliphatic imine (C=N–C) groups is 1. The van der Waals surface area contributed by atoms with Crippen molar-refractivity contribution in [3.63, 3.8) is 0 Å². The molecule has 0 saturated heterocycles. The molecule has 6 nitrogen and oxygen atoms in total. The van der Waals surface area contributed by atoms with Gasteiger partial charge in [0.25, 0.3) is 0 Å². The number of benzene rings is 2. The van der Waals surface area contributed by atoms with Gasteiger partial charge in [-0.1, -0.05) is 12.1 Å². The van der Waals surface area contributed by atoms with Gasteiger partial charge in [-0.2, -0.15) is 0 Å². The summed E-state index contributed by atoms with van der Waals surface area (Å²) >= 11 is 0. The van der Waals surface area contributed by atoms with Crippen molar-refractivity contribution in [3.05, 3.63) is 53.6 Å². The Kier molecular flexibility index (Phi) is 7.61. The zero-order chi connectivity index (χ0) is 18.8. The molecule has 0 aliphatic rings. The summed E-state index contributed by atoms with van der Waals surface area (Å²) in [4.78, 5) is 4.26. The van der Waals surface area contributed by atoms with Gasteiger partial charge in [0.2, 0.25) is 0 Å². The maximum absolute atomic E-state index is 5.41. The van der Waals surface area contributed by atoms with Crippen LogP contribution in [0.3, 0.4) is 0 Å². The fourth-order valence-electron chi connectivity index (χ4n) is 2.54. The highest BCUT2D eigenvalue weighted by molar-refractivity contribution is 5.79. The molecule has 0 aliphatic heterocycles. The largest absolute Gasteiger partial charge is 0.497 e. The van der Waals surface area contributed by atoms with Crippen molar-refractivity contribution in [2.45, 2.75) is 13.0 Å². The summed E-state index contributed by atoms with van der Waals surface area (Å²) in [6, 6.07) is 13.8. The maximum atomic E-state index is 5.41. The number of ether oxygens (including phenoxy) is 3. The number of hydrogen-bond donors (Lipinski definition) is 2. The number of methoxy groups -OCH3 is 3. The molecule has 0 saturated carbocycles. The van der Waals surface area contributed by atoms with Crippen LogP contribution in [0.5, 0.6) is 17.2 Å². The lowest BCUT2D eigenvalue weighted by molar-refractivity contribution is 0.398. The normalized spacial score (nSPS) is 11.0. The summed E-state index contributed by atoms with van der Waals surface area (Å²) in [5.41, 5.74) is 2.24. The summed E-state index contributed by atoms with van der Waals surface area (Å²) in [6.07, 6.45) is 0.795. The van der Waals surface area contributed by atoms with Crippen LogP contribution in [0.25, 0.3) is 0 Å². The van der Waals surface area contributed by atoms with Gasteiger partial charge in [0.1, 0.15) is 17.2 Å². The van der Waals surface area contributed by atoms with E-state index in [0.29, 0.717) is 6.54 Å². The second-order valence-corrected chi connectivity index (χ2v) is 5.63. The molecule has 2 aromatic rings. The summed E-state index contributed by atoms with van der Waals surface area (Å²) in [7, 11) is 6.76. The quantitative estimate of drug-likeness (QED) is 0.562. The number of guanidine groups is 1. The third-order valence-electron chi connectivity index (χ3n) is 4.02. The molecule has 140 valence electrons. The van der Waals surface area contributed by atoms with Crippen LogP contribution in [0.15, 0.2) is 47.5 Å². The van der Waals surface area contributed by atoms with E-state index in [0.717, 1.165) is 47.3 Å². The minimum atomic E-state index is 0.687. The van der Waals surface area contributed by atoms with E-state index in [9.17, 15) is 0 Å². The van der Waals surface area contributed by atoms with E-state index in [4.69, 9.17) is 14.2 Å². The standard InChI is InChI=1S/C20H27N3O3/c1-21-20(23-14-15-5-7-17(24-2)8-6-15)22-12-11-16-13-18(25-3)9-10-19(16)26-4/h5-10,13H,11-12,14H2,1-4H3,(H2,21,22,23). The molecule has 0 atom stereocenters. The molecule has 6 heteroatoms. The van der Waals surface area contributed by atoms with Gasteiger partial charge < -0.3 is 24.8 Å². The Labute approximate surface area is 155 Å². The molecule has 26 heavy (non-hydrogen) atoms. The average Bonchev–Trinajstić information content (AvgIpc) is 2.70. The van der Waals surface area contributed by atoms with Gasteiger partial charge in [-0.25, -0.2) is 0 Å². The predicted molar refractivity (Wildman–Crippen MR) is 104 cm³/mol. The van der Waals surface area contributed by atoms with Gasteiger partial charge in [0.05, 0.1) is 21.3 Å². The highest BCUT2D eigenvalue weighted by Crippen LogP contribution is 2.24. The molecule has 0 aliphatic carbocycles. The fourth-order valence-corrected chi connectivity index (χ4v) is 2.54. The summed E-state index contributed by atoms with van der Waals surface area (Å²) in [5.74, 6) is 3.28. The molecule has 0 radical (unpaired) electrons. The first kappa shape index (κ1) is 19.4. The van der Waals surface area contributed by atoms with Crippen LogP contribution in [-0.2, 0) is 13.0 Å². The molecule has 0 amide bonds. The molecule has 2 aromatic carbocycles. The van der Waals surface area contributed by atoms with Crippen molar-refractivity contribution < 1.29 is 14.2 Å². The van der Waals surface area contributed by atoms with Crippen LogP contribution in [0.2, 0.25) is 0 Å². The zero-order valence-electron chi connectivity index (χ0n) is 15.8. The molecule has 2 N–H and O–H groups in total.